The maximum absolute atomic E-state index is 13.1. The summed E-state index contributed by atoms with van der Waals surface area (Å²) < 4.78 is 5.87. The molecule has 1 amide bonds. The summed E-state index contributed by atoms with van der Waals surface area (Å²) in [5.74, 6) is -0.525. The fourth-order valence-corrected chi connectivity index (χ4v) is 6.59. The molecule has 0 aliphatic heterocycles. The number of allylic oxidation sites excluding steroid dienone is 8. The lowest BCUT2D eigenvalue weighted by atomic mass is 10.0. The number of carbonyl (C=O) groups is 2. The van der Waals surface area contributed by atoms with Gasteiger partial charge in [0, 0.05) is 6.42 Å². The van der Waals surface area contributed by atoms with Crippen molar-refractivity contribution in [1.82, 2.24) is 5.32 Å². The second-order valence-electron chi connectivity index (χ2n) is 15.4. The third kappa shape index (κ3) is 36.8. The Bertz CT molecular complexity index is 941. The number of aliphatic hydroxyl groups excluding tert-OH is 2. The van der Waals surface area contributed by atoms with Gasteiger partial charge in [-0.15, -0.1) is 0 Å². The second kappa shape index (κ2) is 42.0. The summed E-state index contributed by atoms with van der Waals surface area (Å²) in [6.45, 7) is 6.37. The Labute approximate surface area is 334 Å². The molecule has 54 heavy (non-hydrogen) atoms. The first-order valence-electron chi connectivity index (χ1n) is 22.9. The summed E-state index contributed by atoms with van der Waals surface area (Å²) in [6.07, 6.45) is 48.8. The molecule has 6 heteroatoms. The quantitative estimate of drug-likeness (QED) is 0.0329. The number of amides is 1. The van der Waals surface area contributed by atoms with Crippen molar-refractivity contribution in [2.45, 2.75) is 238 Å². The molecule has 0 aromatic rings. The lowest BCUT2D eigenvalue weighted by Crippen LogP contribution is -2.46. The van der Waals surface area contributed by atoms with E-state index >= 15 is 0 Å². The van der Waals surface area contributed by atoms with E-state index in [9.17, 15) is 19.8 Å². The van der Waals surface area contributed by atoms with Crippen LogP contribution >= 0.6 is 0 Å². The van der Waals surface area contributed by atoms with Crippen molar-refractivity contribution in [3.8, 4) is 0 Å². The van der Waals surface area contributed by atoms with Gasteiger partial charge in [-0.05, 0) is 83.5 Å². The van der Waals surface area contributed by atoms with Crippen LogP contribution in [-0.4, -0.2) is 46.9 Å². The van der Waals surface area contributed by atoms with E-state index in [0.29, 0.717) is 19.3 Å². The first-order valence-corrected chi connectivity index (χ1v) is 22.9. The van der Waals surface area contributed by atoms with Crippen LogP contribution in [0.2, 0.25) is 0 Å². The van der Waals surface area contributed by atoms with Gasteiger partial charge in [0.25, 0.3) is 0 Å². The summed E-state index contributed by atoms with van der Waals surface area (Å²) in [6, 6.07) is -0.712. The van der Waals surface area contributed by atoms with Crippen LogP contribution in [-0.2, 0) is 14.3 Å². The molecule has 6 nitrogen and oxygen atoms in total. The van der Waals surface area contributed by atoms with Gasteiger partial charge in [-0.25, -0.2) is 0 Å². The van der Waals surface area contributed by atoms with Crippen molar-refractivity contribution in [2.75, 3.05) is 6.61 Å². The molecule has 3 atom stereocenters. The van der Waals surface area contributed by atoms with Gasteiger partial charge in [-0.3, -0.25) is 9.59 Å². The normalized spacial score (nSPS) is 13.8. The van der Waals surface area contributed by atoms with E-state index < -0.39 is 18.2 Å². The van der Waals surface area contributed by atoms with Crippen LogP contribution in [0.4, 0.5) is 0 Å². The minimum absolute atomic E-state index is 0.0481. The van der Waals surface area contributed by atoms with Gasteiger partial charge in [0.1, 0.15) is 6.10 Å². The lowest BCUT2D eigenvalue weighted by Gasteiger charge is -2.24. The maximum Gasteiger partial charge on any atom is 0.306 e. The molecule has 3 unspecified atom stereocenters. The molecule has 0 rings (SSSR count). The van der Waals surface area contributed by atoms with Gasteiger partial charge in [0.15, 0.2) is 0 Å². The van der Waals surface area contributed by atoms with Gasteiger partial charge >= 0.3 is 5.97 Å². The van der Waals surface area contributed by atoms with E-state index in [1.807, 2.05) is 0 Å². The summed E-state index contributed by atoms with van der Waals surface area (Å²) >= 11 is 0. The molecule has 0 heterocycles. The molecule has 0 fully saturated rings. The largest absolute Gasteiger partial charge is 0.462 e. The highest BCUT2D eigenvalue weighted by atomic mass is 16.5. The number of carbonyl (C=O) groups excluding carboxylic acids is 2. The Morgan fingerprint density at radius 1 is 0.537 bits per heavy atom. The average Bonchev–Trinajstić information content (AvgIpc) is 3.16. The van der Waals surface area contributed by atoms with Crippen LogP contribution in [0, 0.1) is 0 Å². The van der Waals surface area contributed by atoms with Gasteiger partial charge < -0.3 is 20.3 Å². The van der Waals surface area contributed by atoms with Gasteiger partial charge in [-0.1, -0.05) is 172 Å². The molecule has 314 valence electrons. The molecule has 0 spiro atoms. The number of esters is 1. The number of rotatable bonds is 40. The highest BCUT2D eigenvalue weighted by Gasteiger charge is 2.24. The Balaban J connectivity index is 4.70. The third-order valence-corrected chi connectivity index (χ3v) is 10.1. The van der Waals surface area contributed by atoms with Crippen LogP contribution in [0.5, 0.6) is 0 Å². The Kier molecular flexibility index (Phi) is 40.3. The highest BCUT2D eigenvalue weighted by molar-refractivity contribution is 5.77. The SMILES string of the molecule is CCCC/C=C\CCCCCCCC(=O)OC(CCCC/C=C\C/C=C\C/C=C\CCCCC)CC(=O)NC(CO)C(O)CCCCCCCCCCC. The lowest BCUT2D eigenvalue weighted by molar-refractivity contribution is -0.151. The number of hydrogen-bond donors (Lipinski definition) is 3. The van der Waals surface area contributed by atoms with E-state index in [2.05, 4.69) is 74.7 Å². The second-order valence-corrected chi connectivity index (χ2v) is 15.4. The first kappa shape index (κ1) is 51.8. The standard InChI is InChI=1S/C48H87NO5/c1-4-7-10-13-16-19-21-22-23-24-26-28-30-33-36-39-44(54-48(53)41-38-35-32-29-25-20-17-14-11-8-5-2)42-47(52)49-45(43-50)46(51)40-37-34-31-27-18-15-12-9-6-3/h14,16-17,19,22-23,26,28,44-46,50-51H,4-13,15,18,20-21,24-25,27,29-43H2,1-3H3,(H,49,52)/b17-14-,19-16-,23-22-,28-26-. The molecule has 0 aromatic carbocycles. The molecule has 0 saturated heterocycles. The van der Waals surface area contributed by atoms with Crippen LogP contribution in [0.3, 0.4) is 0 Å². The topological polar surface area (TPSA) is 95.9 Å². The minimum atomic E-state index is -0.796. The van der Waals surface area contributed by atoms with E-state index in [0.717, 1.165) is 77.0 Å². The van der Waals surface area contributed by atoms with E-state index in [-0.39, 0.29) is 24.9 Å². The number of ether oxygens (including phenoxy) is 1. The smallest absolute Gasteiger partial charge is 0.306 e. The zero-order valence-electron chi connectivity index (χ0n) is 35.6. The zero-order chi connectivity index (χ0) is 39.6. The molecule has 0 aliphatic rings. The van der Waals surface area contributed by atoms with E-state index in [1.54, 1.807) is 0 Å². The molecule has 3 N–H and O–H groups in total. The predicted molar refractivity (Wildman–Crippen MR) is 232 cm³/mol. The molecular weight excluding hydrogens is 671 g/mol. The number of hydrogen-bond acceptors (Lipinski definition) is 5. The van der Waals surface area contributed by atoms with Crippen molar-refractivity contribution in [3.63, 3.8) is 0 Å². The van der Waals surface area contributed by atoms with Crippen molar-refractivity contribution in [1.29, 1.82) is 0 Å². The summed E-state index contributed by atoms with van der Waals surface area (Å²) in [5.41, 5.74) is 0. The number of aliphatic hydroxyl groups is 2. The van der Waals surface area contributed by atoms with Gasteiger partial charge in [0.2, 0.25) is 5.91 Å². The Hall–Kier alpha value is -2.18. The van der Waals surface area contributed by atoms with Gasteiger partial charge in [-0.2, -0.15) is 0 Å². The number of unbranched alkanes of at least 4 members (excludes halogenated alkanes) is 20. The number of nitrogens with one attached hydrogen (secondary N) is 1. The highest BCUT2D eigenvalue weighted by Crippen LogP contribution is 2.16. The molecule has 0 bridgehead atoms. The molecule has 0 radical (unpaired) electrons. The van der Waals surface area contributed by atoms with Gasteiger partial charge in [0.05, 0.1) is 25.2 Å². The van der Waals surface area contributed by atoms with Crippen molar-refractivity contribution in [3.05, 3.63) is 48.6 Å². The Morgan fingerprint density at radius 2 is 0.963 bits per heavy atom. The Morgan fingerprint density at radius 3 is 1.56 bits per heavy atom. The van der Waals surface area contributed by atoms with Crippen LogP contribution in [0.25, 0.3) is 0 Å². The van der Waals surface area contributed by atoms with E-state index in [4.69, 9.17) is 4.74 Å². The van der Waals surface area contributed by atoms with Crippen LogP contribution in [0.1, 0.15) is 220 Å². The first-order chi connectivity index (χ1) is 26.5. The fourth-order valence-electron chi connectivity index (χ4n) is 6.59. The van der Waals surface area contributed by atoms with Crippen molar-refractivity contribution in [2.24, 2.45) is 0 Å². The summed E-state index contributed by atoms with van der Waals surface area (Å²) in [5, 5.41) is 23.6. The molecule has 0 saturated carbocycles. The fraction of sp³-hybridized carbons (Fsp3) is 0.792. The summed E-state index contributed by atoms with van der Waals surface area (Å²) in [4.78, 5) is 25.9. The third-order valence-electron chi connectivity index (χ3n) is 10.1. The van der Waals surface area contributed by atoms with Crippen LogP contribution < -0.4 is 5.32 Å². The molecule has 0 aromatic heterocycles. The minimum Gasteiger partial charge on any atom is -0.462 e. The average molecular weight is 758 g/mol. The summed E-state index contributed by atoms with van der Waals surface area (Å²) in [7, 11) is 0. The molecular formula is C48H87NO5. The monoisotopic (exact) mass is 758 g/mol. The predicted octanol–water partition coefficient (Wildman–Crippen LogP) is 13.1. The van der Waals surface area contributed by atoms with Crippen molar-refractivity contribution < 1.29 is 24.5 Å². The maximum atomic E-state index is 13.1. The van der Waals surface area contributed by atoms with Crippen LogP contribution in [0.15, 0.2) is 48.6 Å². The van der Waals surface area contributed by atoms with Crippen molar-refractivity contribution >= 4 is 11.9 Å². The zero-order valence-corrected chi connectivity index (χ0v) is 35.6. The molecule has 0 aliphatic carbocycles. The van der Waals surface area contributed by atoms with E-state index in [1.165, 1.54) is 96.3 Å².